The summed E-state index contributed by atoms with van der Waals surface area (Å²) >= 11 is 0. The van der Waals surface area contributed by atoms with E-state index in [1.54, 1.807) is 37.1 Å². The Morgan fingerprint density at radius 2 is 2.21 bits per heavy atom. The van der Waals surface area contributed by atoms with Gasteiger partial charge in [-0.2, -0.15) is 0 Å². The van der Waals surface area contributed by atoms with Gasteiger partial charge in [0.1, 0.15) is 24.4 Å². The van der Waals surface area contributed by atoms with Gasteiger partial charge in [0.25, 0.3) is 0 Å². The van der Waals surface area contributed by atoms with E-state index in [1.165, 1.54) is 0 Å². The fraction of sp³-hybridized carbons (Fsp3) is 0.750. The van der Waals surface area contributed by atoms with Crippen LogP contribution in [0.2, 0.25) is 0 Å². The maximum atomic E-state index is 10.2. The molecule has 0 saturated carbocycles. The van der Waals surface area contributed by atoms with E-state index in [0.29, 0.717) is 6.54 Å². The lowest BCUT2D eigenvalue weighted by atomic mass is 10.1. The van der Waals surface area contributed by atoms with Gasteiger partial charge in [0.05, 0.1) is 12.9 Å². The van der Waals surface area contributed by atoms with Crippen molar-refractivity contribution in [1.82, 2.24) is 9.55 Å². The molecular formula is C12H18N2O5. The second-order valence-electron chi connectivity index (χ2n) is 5.39. The first-order valence-corrected chi connectivity index (χ1v) is 6.29. The van der Waals surface area contributed by atoms with Crippen molar-refractivity contribution in [2.75, 3.05) is 0 Å². The van der Waals surface area contributed by atoms with Gasteiger partial charge in [-0.15, -0.1) is 0 Å². The zero-order chi connectivity index (χ0) is 13.6. The summed E-state index contributed by atoms with van der Waals surface area (Å²) < 4.78 is 18.4. The number of nitrogens with zero attached hydrogens (tertiary/aromatic N) is 2. The third kappa shape index (κ3) is 2.39. The lowest BCUT2D eigenvalue weighted by Crippen LogP contribution is -2.42. The van der Waals surface area contributed by atoms with E-state index in [4.69, 9.17) is 14.2 Å². The van der Waals surface area contributed by atoms with Crippen molar-refractivity contribution in [3.63, 3.8) is 0 Å². The molecule has 19 heavy (non-hydrogen) atoms. The van der Waals surface area contributed by atoms with Crippen molar-refractivity contribution in [3.8, 4) is 0 Å². The number of aromatic nitrogens is 2. The molecule has 106 valence electrons. The summed E-state index contributed by atoms with van der Waals surface area (Å²) in [6.45, 7) is 3.82. The molecule has 0 aliphatic carbocycles. The molecule has 0 unspecified atom stereocenters. The summed E-state index contributed by atoms with van der Waals surface area (Å²) in [7, 11) is 0. The first-order chi connectivity index (χ1) is 8.96. The van der Waals surface area contributed by atoms with Gasteiger partial charge in [-0.05, 0) is 13.8 Å². The number of fused-ring (bicyclic) bond motifs is 1. The molecule has 7 heteroatoms. The van der Waals surface area contributed by atoms with E-state index in [0.717, 1.165) is 0 Å². The van der Waals surface area contributed by atoms with Crippen LogP contribution in [0.3, 0.4) is 0 Å². The predicted molar refractivity (Wildman–Crippen MR) is 62.9 cm³/mol. The molecule has 0 radical (unpaired) electrons. The van der Waals surface area contributed by atoms with Gasteiger partial charge in [0.15, 0.2) is 12.1 Å². The molecule has 2 aliphatic rings. The average molecular weight is 270 g/mol. The molecule has 7 nitrogen and oxygen atoms in total. The van der Waals surface area contributed by atoms with Gasteiger partial charge in [0.2, 0.25) is 0 Å². The Labute approximate surface area is 110 Å². The molecule has 2 fully saturated rings. The van der Waals surface area contributed by atoms with Crippen molar-refractivity contribution in [3.05, 3.63) is 18.7 Å². The number of ether oxygens (including phenoxy) is 3. The summed E-state index contributed by atoms with van der Waals surface area (Å²) in [6, 6.07) is 0. The molecule has 1 aromatic rings. The Hall–Kier alpha value is -0.990. The maximum Gasteiger partial charge on any atom is 0.190 e. The second kappa shape index (κ2) is 4.53. The van der Waals surface area contributed by atoms with E-state index in [-0.39, 0.29) is 0 Å². The highest BCUT2D eigenvalue weighted by molar-refractivity contribution is 4.96. The van der Waals surface area contributed by atoms with Crippen LogP contribution in [-0.4, -0.2) is 56.3 Å². The molecule has 2 saturated heterocycles. The Balaban J connectivity index is 1.65. The smallest absolute Gasteiger partial charge is 0.190 e. The van der Waals surface area contributed by atoms with Gasteiger partial charge in [-0.1, -0.05) is 0 Å². The SMILES string of the molecule is CC1(C)O[C@@H]2O[C@H]([C@@H](O)Cn3ccnc3)[C@@H](O)[C@@H]2O1. The first kappa shape index (κ1) is 13.0. The van der Waals surface area contributed by atoms with Crippen LogP contribution < -0.4 is 0 Å². The second-order valence-corrected chi connectivity index (χ2v) is 5.39. The van der Waals surface area contributed by atoms with Crippen LogP contribution in [0.4, 0.5) is 0 Å². The normalized spacial score (nSPS) is 38.3. The molecule has 0 bridgehead atoms. The minimum absolute atomic E-state index is 0.296. The van der Waals surface area contributed by atoms with E-state index in [1.807, 2.05) is 0 Å². The number of hydrogen-bond donors (Lipinski definition) is 2. The van der Waals surface area contributed by atoms with Crippen LogP contribution in [-0.2, 0) is 20.8 Å². The van der Waals surface area contributed by atoms with E-state index in [2.05, 4.69) is 4.98 Å². The highest BCUT2D eigenvalue weighted by Crippen LogP contribution is 2.38. The molecule has 0 amide bonds. The zero-order valence-corrected chi connectivity index (χ0v) is 10.8. The Morgan fingerprint density at radius 3 is 2.84 bits per heavy atom. The van der Waals surface area contributed by atoms with Crippen molar-refractivity contribution in [2.24, 2.45) is 0 Å². The van der Waals surface area contributed by atoms with Gasteiger partial charge in [-0.25, -0.2) is 4.98 Å². The zero-order valence-electron chi connectivity index (χ0n) is 10.8. The largest absolute Gasteiger partial charge is 0.388 e. The third-order valence-corrected chi connectivity index (χ3v) is 3.39. The van der Waals surface area contributed by atoms with Crippen molar-refractivity contribution < 1.29 is 24.4 Å². The lowest BCUT2D eigenvalue weighted by Gasteiger charge is -2.25. The fourth-order valence-corrected chi connectivity index (χ4v) is 2.55. The molecule has 3 heterocycles. The van der Waals surface area contributed by atoms with Crippen LogP contribution in [0.25, 0.3) is 0 Å². The number of aliphatic hydroxyl groups excluding tert-OH is 2. The number of rotatable bonds is 3. The average Bonchev–Trinajstić information content (AvgIpc) is 2.97. The van der Waals surface area contributed by atoms with Gasteiger partial charge in [0, 0.05) is 12.4 Å². The Bertz CT molecular complexity index is 435. The summed E-state index contributed by atoms with van der Waals surface area (Å²) in [5.41, 5.74) is 0. The van der Waals surface area contributed by atoms with E-state index < -0.39 is 36.5 Å². The molecule has 3 rings (SSSR count). The number of hydrogen-bond acceptors (Lipinski definition) is 6. The van der Waals surface area contributed by atoms with Crippen LogP contribution >= 0.6 is 0 Å². The minimum atomic E-state index is -0.912. The Kier molecular flexibility index (Phi) is 3.11. The lowest BCUT2D eigenvalue weighted by molar-refractivity contribution is -0.226. The van der Waals surface area contributed by atoms with Gasteiger partial charge < -0.3 is 29.0 Å². The van der Waals surface area contributed by atoms with Gasteiger partial charge in [-0.3, -0.25) is 0 Å². The standard InChI is InChI=1S/C12H18N2O5/c1-12(2)18-10-8(16)9(17-11(10)19-12)7(15)5-14-4-3-13-6-14/h3-4,6-11,15-16H,5H2,1-2H3/t7-,8+,9+,10-,11-/m0/s1. The monoisotopic (exact) mass is 270 g/mol. The predicted octanol–water partition coefficient (Wildman–Crippen LogP) is -0.519. The quantitative estimate of drug-likeness (QED) is 0.769. The van der Waals surface area contributed by atoms with Gasteiger partial charge >= 0.3 is 0 Å². The number of imidazole rings is 1. The van der Waals surface area contributed by atoms with Crippen LogP contribution in [0, 0.1) is 0 Å². The van der Waals surface area contributed by atoms with Crippen molar-refractivity contribution in [2.45, 2.75) is 56.9 Å². The summed E-state index contributed by atoms with van der Waals surface area (Å²) in [4.78, 5) is 3.90. The summed E-state index contributed by atoms with van der Waals surface area (Å²) in [5, 5.41) is 20.3. The molecule has 2 N–H and O–H groups in total. The third-order valence-electron chi connectivity index (χ3n) is 3.39. The summed E-state index contributed by atoms with van der Waals surface area (Å²) in [5.74, 6) is -0.767. The molecule has 2 aliphatic heterocycles. The van der Waals surface area contributed by atoms with E-state index >= 15 is 0 Å². The van der Waals surface area contributed by atoms with Crippen LogP contribution in [0.1, 0.15) is 13.8 Å². The molecule has 0 aromatic carbocycles. The molecular weight excluding hydrogens is 252 g/mol. The highest BCUT2D eigenvalue weighted by Gasteiger charge is 2.55. The molecule has 0 spiro atoms. The van der Waals surface area contributed by atoms with Crippen LogP contribution in [0.15, 0.2) is 18.7 Å². The highest BCUT2D eigenvalue weighted by atomic mass is 16.8. The minimum Gasteiger partial charge on any atom is -0.388 e. The summed E-state index contributed by atoms with van der Waals surface area (Å²) in [6.07, 6.45) is 1.28. The maximum absolute atomic E-state index is 10.2. The molecule has 1 aromatic heterocycles. The Morgan fingerprint density at radius 1 is 1.42 bits per heavy atom. The van der Waals surface area contributed by atoms with Crippen molar-refractivity contribution in [1.29, 1.82) is 0 Å². The van der Waals surface area contributed by atoms with E-state index in [9.17, 15) is 10.2 Å². The molecule has 5 atom stereocenters. The topological polar surface area (TPSA) is 86.0 Å². The first-order valence-electron chi connectivity index (χ1n) is 6.29. The van der Waals surface area contributed by atoms with Crippen LogP contribution in [0.5, 0.6) is 0 Å². The fourth-order valence-electron chi connectivity index (χ4n) is 2.55. The number of aliphatic hydroxyl groups is 2. The van der Waals surface area contributed by atoms with Crippen molar-refractivity contribution >= 4 is 0 Å².